The Morgan fingerprint density at radius 1 is 1.16 bits per heavy atom. The zero-order valence-corrected chi connectivity index (χ0v) is 20.0. The number of imide groups is 1. The fourth-order valence-electron chi connectivity index (χ4n) is 6.28. The van der Waals surface area contributed by atoms with Gasteiger partial charge >= 0.3 is 6.03 Å². The summed E-state index contributed by atoms with van der Waals surface area (Å²) >= 11 is 0. The monoisotopic (exact) mass is 450 g/mol. The van der Waals surface area contributed by atoms with Crippen LogP contribution in [0, 0.1) is 11.8 Å². The lowest BCUT2D eigenvalue weighted by molar-refractivity contribution is -0.202. The Morgan fingerprint density at radius 2 is 1.91 bits per heavy atom. The van der Waals surface area contributed by atoms with E-state index in [9.17, 15) is 9.59 Å². The molecule has 1 saturated carbocycles. The van der Waals surface area contributed by atoms with E-state index < -0.39 is 5.79 Å². The lowest BCUT2D eigenvalue weighted by Crippen LogP contribution is -2.57. The summed E-state index contributed by atoms with van der Waals surface area (Å²) in [6.07, 6.45) is 8.18. The molecule has 4 rings (SSSR count). The van der Waals surface area contributed by atoms with Crippen molar-refractivity contribution >= 4 is 11.9 Å². The summed E-state index contributed by atoms with van der Waals surface area (Å²) in [7, 11) is 2.12. The first-order valence-electron chi connectivity index (χ1n) is 12.8. The first-order chi connectivity index (χ1) is 15.5. The summed E-state index contributed by atoms with van der Waals surface area (Å²) in [6.45, 7) is 8.21. The number of likely N-dealkylation sites (tertiary alicyclic amines) is 2. The number of ether oxygens (including phenoxy) is 2. The quantitative estimate of drug-likeness (QED) is 0.669. The molecule has 1 spiro atoms. The number of nitrogens with zero attached hydrogens (tertiary/aromatic N) is 3. The minimum Gasteiger partial charge on any atom is -0.348 e. The van der Waals surface area contributed by atoms with E-state index in [0.717, 1.165) is 58.3 Å². The maximum atomic E-state index is 13.5. The molecule has 3 atom stereocenters. The van der Waals surface area contributed by atoms with Crippen LogP contribution >= 0.6 is 0 Å². The average molecular weight is 451 g/mol. The molecule has 8 nitrogen and oxygen atoms in total. The van der Waals surface area contributed by atoms with Gasteiger partial charge in [0.1, 0.15) is 0 Å². The van der Waals surface area contributed by atoms with Crippen molar-refractivity contribution in [3.63, 3.8) is 0 Å². The van der Waals surface area contributed by atoms with Gasteiger partial charge in [-0.1, -0.05) is 13.3 Å². The molecule has 0 bridgehead atoms. The number of rotatable bonds is 6. The Morgan fingerprint density at radius 3 is 2.62 bits per heavy atom. The second-order valence-corrected chi connectivity index (χ2v) is 10.2. The second-order valence-electron chi connectivity index (χ2n) is 10.2. The van der Waals surface area contributed by atoms with Crippen LogP contribution in [0.15, 0.2) is 0 Å². The predicted octanol–water partition coefficient (Wildman–Crippen LogP) is 2.28. The number of amides is 3. The van der Waals surface area contributed by atoms with E-state index in [-0.39, 0.29) is 17.9 Å². The molecule has 0 radical (unpaired) electrons. The standard InChI is InChI=1S/C24H42N4O4/c1-3-10-28(23(30)25-9-13-27-11-5-4-6-12-27)22(29)20-16-19-17-24(31-14-15-32-24)8-7-21(19)26(2)18-20/h19-21H,3-18H2,1-2H3,(H,25,30)/t19-,20-,21-/m1/s1. The van der Waals surface area contributed by atoms with E-state index in [1.54, 1.807) is 0 Å². The molecular formula is C24H42N4O4. The molecule has 1 N–H and O–H groups in total. The summed E-state index contributed by atoms with van der Waals surface area (Å²) in [6, 6.07) is 0.233. The largest absolute Gasteiger partial charge is 0.348 e. The van der Waals surface area contributed by atoms with Crippen LogP contribution in [0.5, 0.6) is 0 Å². The van der Waals surface area contributed by atoms with Crippen LogP contribution in [0.1, 0.15) is 58.3 Å². The minimum atomic E-state index is -0.443. The molecule has 0 aromatic carbocycles. The van der Waals surface area contributed by atoms with Gasteiger partial charge in [0.15, 0.2) is 5.79 Å². The number of hydrogen-bond donors (Lipinski definition) is 1. The smallest absolute Gasteiger partial charge is 0.324 e. The summed E-state index contributed by atoms with van der Waals surface area (Å²) in [5.74, 6) is -0.264. The lowest BCUT2D eigenvalue weighted by atomic mass is 9.72. The number of carbonyl (C=O) groups is 2. The van der Waals surface area contributed by atoms with Gasteiger partial charge in [-0.15, -0.1) is 0 Å². The maximum Gasteiger partial charge on any atom is 0.324 e. The van der Waals surface area contributed by atoms with Crippen molar-refractivity contribution in [2.24, 2.45) is 11.8 Å². The zero-order chi connectivity index (χ0) is 22.6. The predicted molar refractivity (Wildman–Crippen MR) is 122 cm³/mol. The van der Waals surface area contributed by atoms with Crippen molar-refractivity contribution in [2.75, 3.05) is 59.5 Å². The molecule has 3 saturated heterocycles. The highest BCUT2D eigenvalue weighted by Crippen LogP contribution is 2.45. The van der Waals surface area contributed by atoms with Crippen LogP contribution in [0.3, 0.4) is 0 Å². The van der Waals surface area contributed by atoms with E-state index in [1.165, 1.54) is 24.2 Å². The summed E-state index contributed by atoms with van der Waals surface area (Å²) < 4.78 is 12.0. The summed E-state index contributed by atoms with van der Waals surface area (Å²) in [5, 5.41) is 3.01. The van der Waals surface area contributed by atoms with Gasteiger partial charge in [0.2, 0.25) is 5.91 Å². The molecule has 182 valence electrons. The molecule has 0 aromatic heterocycles. The second kappa shape index (κ2) is 10.8. The zero-order valence-electron chi connectivity index (χ0n) is 20.0. The van der Waals surface area contributed by atoms with Gasteiger partial charge in [-0.2, -0.15) is 0 Å². The van der Waals surface area contributed by atoms with Crippen LogP contribution in [0.4, 0.5) is 4.79 Å². The Bertz CT molecular complexity index is 648. The molecule has 1 aliphatic carbocycles. The van der Waals surface area contributed by atoms with Crippen LogP contribution in [-0.2, 0) is 14.3 Å². The third-order valence-corrected chi connectivity index (χ3v) is 7.87. The fraction of sp³-hybridized carbons (Fsp3) is 0.917. The SMILES string of the molecule is CCCN(C(=O)NCCN1CCCCC1)C(=O)[C@@H]1C[C@@H]2CC3(CC[C@H]2N(C)C1)OCCO3. The van der Waals surface area contributed by atoms with Crippen LogP contribution in [-0.4, -0.2) is 98.0 Å². The molecule has 3 amide bonds. The van der Waals surface area contributed by atoms with Crippen molar-refractivity contribution in [3.8, 4) is 0 Å². The molecule has 0 aromatic rings. The van der Waals surface area contributed by atoms with E-state index >= 15 is 0 Å². The van der Waals surface area contributed by atoms with Gasteiger partial charge in [-0.3, -0.25) is 9.69 Å². The third kappa shape index (κ3) is 5.46. The summed E-state index contributed by atoms with van der Waals surface area (Å²) in [5.41, 5.74) is 0. The number of piperidine rings is 2. The van der Waals surface area contributed by atoms with E-state index in [2.05, 4.69) is 22.2 Å². The number of nitrogens with one attached hydrogen (secondary N) is 1. The van der Waals surface area contributed by atoms with Gasteiger partial charge < -0.3 is 24.6 Å². The number of urea groups is 1. The van der Waals surface area contributed by atoms with Gasteiger partial charge in [0.05, 0.1) is 19.1 Å². The molecule has 4 fully saturated rings. The maximum absolute atomic E-state index is 13.5. The highest BCUT2D eigenvalue weighted by Gasteiger charge is 2.49. The number of fused-ring (bicyclic) bond motifs is 1. The van der Waals surface area contributed by atoms with Gasteiger partial charge in [0, 0.05) is 45.1 Å². The molecular weight excluding hydrogens is 408 g/mol. The first kappa shape index (κ1) is 23.9. The lowest BCUT2D eigenvalue weighted by Gasteiger charge is -2.49. The number of hydrogen-bond acceptors (Lipinski definition) is 6. The van der Waals surface area contributed by atoms with E-state index in [1.807, 2.05) is 6.92 Å². The molecule has 3 heterocycles. The van der Waals surface area contributed by atoms with E-state index in [4.69, 9.17) is 9.47 Å². The van der Waals surface area contributed by atoms with Crippen molar-refractivity contribution in [1.82, 2.24) is 20.0 Å². The molecule has 8 heteroatoms. The Labute approximate surface area is 192 Å². The van der Waals surface area contributed by atoms with Crippen molar-refractivity contribution in [2.45, 2.75) is 70.1 Å². The van der Waals surface area contributed by atoms with Gasteiger partial charge in [0.25, 0.3) is 0 Å². The highest BCUT2D eigenvalue weighted by atomic mass is 16.7. The Kier molecular flexibility index (Phi) is 8.08. The molecule has 32 heavy (non-hydrogen) atoms. The summed E-state index contributed by atoms with van der Waals surface area (Å²) in [4.78, 5) is 32.6. The molecule has 0 unspecified atom stereocenters. The third-order valence-electron chi connectivity index (χ3n) is 7.87. The minimum absolute atomic E-state index is 0.0273. The number of carbonyl (C=O) groups excluding carboxylic acids is 2. The molecule has 4 aliphatic rings. The Balaban J connectivity index is 1.33. The molecule has 3 aliphatic heterocycles. The fourth-order valence-corrected chi connectivity index (χ4v) is 6.28. The first-order valence-corrected chi connectivity index (χ1v) is 12.8. The Hall–Kier alpha value is -1.22. The van der Waals surface area contributed by atoms with Crippen molar-refractivity contribution < 1.29 is 19.1 Å². The van der Waals surface area contributed by atoms with Crippen LogP contribution in [0.25, 0.3) is 0 Å². The average Bonchev–Trinajstić information content (AvgIpc) is 3.24. The van der Waals surface area contributed by atoms with E-state index in [0.29, 0.717) is 38.3 Å². The van der Waals surface area contributed by atoms with Crippen LogP contribution in [0.2, 0.25) is 0 Å². The van der Waals surface area contributed by atoms with Crippen LogP contribution < -0.4 is 5.32 Å². The normalized spacial score (nSPS) is 30.8. The van der Waals surface area contributed by atoms with Gasteiger partial charge in [-0.25, -0.2) is 4.79 Å². The van der Waals surface area contributed by atoms with Crippen molar-refractivity contribution in [1.29, 1.82) is 0 Å². The highest BCUT2D eigenvalue weighted by molar-refractivity contribution is 5.95. The van der Waals surface area contributed by atoms with Crippen molar-refractivity contribution in [3.05, 3.63) is 0 Å². The van der Waals surface area contributed by atoms with Gasteiger partial charge in [-0.05, 0) is 58.2 Å². The topological polar surface area (TPSA) is 74.4 Å².